The number of ether oxygens (including phenoxy) is 1. The molecule has 1 aliphatic rings. The van der Waals surface area contributed by atoms with Crippen molar-refractivity contribution in [1.82, 2.24) is 9.97 Å². The first-order chi connectivity index (χ1) is 9.40. The van der Waals surface area contributed by atoms with Crippen LogP contribution in [0.15, 0.2) is 0 Å². The van der Waals surface area contributed by atoms with Gasteiger partial charge in [0, 0.05) is 12.5 Å². The van der Waals surface area contributed by atoms with Crippen LogP contribution >= 0.6 is 0 Å². The van der Waals surface area contributed by atoms with Crippen LogP contribution in [0.25, 0.3) is 0 Å². The molecule has 0 amide bonds. The Labute approximate surface area is 122 Å². The van der Waals surface area contributed by atoms with Crippen LogP contribution in [0, 0.1) is 12.3 Å². The molecule has 1 N–H and O–H groups in total. The van der Waals surface area contributed by atoms with Gasteiger partial charge in [-0.1, -0.05) is 20.8 Å². The van der Waals surface area contributed by atoms with E-state index in [1.807, 2.05) is 6.92 Å². The van der Waals surface area contributed by atoms with Gasteiger partial charge in [-0.25, -0.2) is 4.98 Å². The van der Waals surface area contributed by atoms with Gasteiger partial charge in [-0.15, -0.1) is 0 Å². The Morgan fingerprint density at radius 3 is 2.50 bits per heavy atom. The largest absolute Gasteiger partial charge is 0.477 e. The lowest BCUT2D eigenvalue weighted by molar-refractivity contribution is 0.234. The average Bonchev–Trinajstić information content (AvgIpc) is 3.16. The van der Waals surface area contributed by atoms with Crippen molar-refractivity contribution in [2.45, 2.75) is 59.8 Å². The zero-order chi connectivity index (χ0) is 14.8. The predicted octanol–water partition coefficient (Wildman–Crippen LogP) is 3.91. The van der Waals surface area contributed by atoms with Crippen LogP contribution in [0.1, 0.15) is 64.3 Å². The van der Waals surface area contributed by atoms with Crippen molar-refractivity contribution in [3.8, 4) is 5.88 Å². The third kappa shape index (κ3) is 4.09. The Morgan fingerprint density at radius 2 is 1.95 bits per heavy atom. The molecule has 4 heteroatoms. The van der Waals surface area contributed by atoms with E-state index in [1.54, 1.807) is 0 Å². The van der Waals surface area contributed by atoms with Crippen molar-refractivity contribution in [3.63, 3.8) is 0 Å². The fourth-order valence-electron chi connectivity index (χ4n) is 1.97. The van der Waals surface area contributed by atoms with Crippen molar-refractivity contribution >= 4 is 5.82 Å². The van der Waals surface area contributed by atoms with Crippen molar-refractivity contribution in [2.75, 3.05) is 18.5 Å². The third-order valence-electron chi connectivity index (χ3n) is 3.50. The molecule has 0 aromatic carbocycles. The summed E-state index contributed by atoms with van der Waals surface area (Å²) in [5, 5.41) is 3.31. The number of rotatable bonds is 6. The molecule has 1 aromatic rings. The standard InChI is InChI=1S/C16H27N3O/c1-6-17-13-11(2)15(20-10-9-16(3,4)5)19-14(18-13)12-7-8-12/h12H,6-10H2,1-5H3,(H,17,18,19). The molecule has 1 aromatic heterocycles. The summed E-state index contributed by atoms with van der Waals surface area (Å²) in [6.45, 7) is 12.4. The van der Waals surface area contributed by atoms with Crippen molar-refractivity contribution in [1.29, 1.82) is 0 Å². The Balaban J connectivity index is 2.13. The van der Waals surface area contributed by atoms with E-state index in [1.165, 1.54) is 12.8 Å². The molecule has 1 fully saturated rings. The van der Waals surface area contributed by atoms with E-state index in [0.717, 1.165) is 36.1 Å². The number of aromatic nitrogens is 2. The highest BCUT2D eigenvalue weighted by molar-refractivity contribution is 5.49. The molecule has 1 saturated carbocycles. The maximum Gasteiger partial charge on any atom is 0.221 e. The first kappa shape index (κ1) is 15.1. The molecular weight excluding hydrogens is 250 g/mol. The van der Waals surface area contributed by atoms with Crippen molar-refractivity contribution in [3.05, 3.63) is 11.4 Å². The van der Waals surface area contributed by atoms with Gasteiger partial charge in [0.25, 0.3) is 0 Å². The molecule has 0 spiro atoms. The van der Waals surface area contributed by atoms with Gasteiger partial charge < -0.3 is 10.1 Å². The molecule has 1 aliphatic carbocycles. The fraction of sp³-hybridized carbons (Fsp3) is 0.750. The second kappa shape index (κ2) is 5.98. The van der Waals surface area contributed by atoms with Crippen LogP contribution in [0.2, 0.25) is 0 Å². The van der Waals surface area contributed by atoms with Gasteiger partial charge in [-0.3, -0.25) is 0 Å². The minimum Gasteiger partial charge on any atom is -0.477 e. The summed E-state index contributed by atoms with van der Waals surface area (Å²) in [6, 6.07) is 0. The van der Waals surface area contributed by atoms with E-state index in [-0.39, 0.29) is 5.41 Å². The quantitative estimate of drug-likeness (QED) is 0.856. The highest BCUT2D eigenvalue weighted by atomic mass is 16.5. The van der Waals surface area contributed by atoms with E-state index >= 15 is 0 Å². The smallest absolute Gasteiger partial charge is 0.221 e. The molecule has 0 aliphatic heterocycles. The summed E-state index contributed by atoms with van der Waals surface area (Å²) in [6.07, 6.45) is 3.43. The van der Waals surface area contributed by atoms with Gasteiger partial charge in [0.2, 0.25) is 5.88 Å². The molecule has 20 heavy (non-hydrogen) atoms. The molecule has 0 radical (unpaired) electrons. The monoisotopic (exact) mass is 277 g/mol. The van der Waals surface area contributed by atoms with Crippen LogP contribution in [0.5, 0.6) is 5.88 Å². The van der Waals surface area contributed by atoms with Crippen LogP contribution in [-0.4, -0.2) is 23.1 Å². The van der Waals surface area contributed by atoms with E-state index in [9.17, 15) is 0 Å². The molecule has 0 atom stereocenters. The zero-order valence-electron chi connectivity index (χ0n) is 13.4. The summed E-state index contributed by atoms with van der Waals surface area (Å²) in [7, 11) is 0. The summed E-state index contributed by atoms with van der Waals surface area (Å²) in [4.78, 5) is 9.26. The lowest BCUT2D eigenvalue weighted by atomic mass is 9.93. The topological polar surface area (TPSA) is 47.0 Å². The van der Waals surface area contributed by atoms with Gasteiger partial charge >= 0.3 is 0 Å². The molecule has 0 unspecified atom stereocenters. The number of anilines is 1. The average molecular weight is 277 g/mol. The summed E-state index contributed by atoms with van der Waals surface area (Å²) in [5.74, 6) is 3.16. The molecule has 2 rings (SSSR count). The minimum atomic E-state index is 0.282. The van der Waals surface area contributed by atoms with Gasteiger partial charge in [-0.05, 0) is 38.5 Å². The normalized spacial score (nSPS) is 15.2. The van der Waals surface area contributed by atoms with Gasteiger partial charge in [0.05, 0.1) is 12.2 Å². The maximum atomic E-state index is 5.93. The number of hydrogen-bond donors (Lipinski definition) is 1. The van der Waals surface area contributed by atoms with E-state index in [4.69, 9.17) is 4.74 Å². The first-order valence-electron chi connectivity index (χ1n) is 7.66. The first-order valence-corrected chi connectivity index (χ1v) is 7.66. The molecule has 0 bridgehead atoms. The van der Waals surface area contributed by atoms with Crippen LogP contribution in [0.4, 0.5) is 5.82 Å². The molecule has 1 heterocycles. The molecule has 0 saturated heterocycles. The van der Waals surface area contributed by atoms with Crippen molar-refractivity contribution in [2.24, 2.45) is 5.41 Å². The Bertz CT molecular complexity index is 462. The molecule has 112 valence electrons. The zero-order valence-corrected chi connectivity index (χ0v) is 13.4. The van der Waals surface area contributed by atoms with E-state index in [0.29, 0.717) is 12.5 Å². The van der Waals surface area contributed by atoms with E-state index in [2.05, 4.69) is 43.0 Å². The van der Waals surface area contributed by atoms with Gasteiger partial charge in [-0.2, -0.15) is 4.98 Å². The van der Waals surface area contributed by atoms with E-state index < -0.39 is 0 Å². The summed E-state index contributed by atoms with van der Waals surface area (Å²) < 4.78 is 5.93. The Hall–Kier alpha value is -1.32. The van der Waals surface area contributed by atoms with Crippen molar-refractivity contribution < 1.29 is 4.74 Å². The highest BCUT2D eigenvalue weighted by Gasteiger charge is 2.28. The van der Waals surface area contributed by atoms with Gasteiger partial charge in [0.15, 0.2) is 0 Å². The number of hydrogen-bond acceptors (Lipinski definition) is 4. The third-order valence-corrected chi connectivity index (χ3v) is 3.50. The Morgan fingerprint density at radius 1 is 1.25 bits per heavy atom. The SMILES string of the molecule is CCNc1nc(C2CC2)nc(OCCC(C)(C)C)c1C. The lowest BCUT2D eigenvalue weighted by Gasteiger charge is -2.19. The lowest BCUT2D eigenvalue weighted by Crippen LogP contribution is -2.14. The number of nitrogens with zero attached hydrogens (tertiary/aromatic N) is 2. The van der Waals surface area contributed by atoms with Crippen LogP contribution < -0.4 is 10.1 Å². The molecular formula is C16H27N3O. The molecule has 4 nitrogen and oxygen atoms in total. The number of nitrogens with one attached hydrogen (secondary N) is 1. The fourth-order valence-corrected chi connectivity index (χ4v) is 1.97. The summed E-state index contributed by atoms with van der Waals surface area (Å²) in [5.41, 5.74) is 1.30. The minimum absolute atomic E-state index is 0.282. The predicted molar refractivity (Wildman–Crippen MR) is 82.5 cm³/mol. The van der Waals surface area contributed by atoms with Gasteiger partial charge in [0.1, 0.15) is 11.6 Å². The second-order valence-electron chi connectivity index (χ2n) is 6.82. The highest BCUT2D eigenvalue weighted by Crippen LogP contribution is 2.40. The second-order valence-corrected chi connectivity index (χ2v) is 6.82. The van der Waals surface area contributed by atoms with Crippen LogP contribution in [0.3, 0.4) is 0 Å². The summed E-state index contributed by atoms with van der Waals surface area (Å²) >= 11 is 0. The Kier molecular flexibility index (Phi) is 4.51. The van der Waals surface area contributed by atoms with Crippen LogP contribution in [-0.2, 0) is 0 Å². The maximum absolute atomic E-state index is 5.93.